The Balaban J connectivity index is 2.00. The van der Waals surface area contributed by atoms with E-state index in [1.807, 2.05) is 0 Å². The number of ether oxygens (including phenoxy) is 2. The highest BCUT2D eigenvalue weighted by Crippen LogP contribution is 2.16. The predicted molar refractivity (Wildman–Crippen MR) is 82.9 cm³/mol. The van der Waals surface area contributed by atoms with Gasteiger partial charge in [0.1, 0.15) is 11.6 Å². The fourth-order valence-electron chi connectivity index (χ4n) is 1.85. The van der Waals surface area contributed by atoms with E-state index in [1.165, 1.54) is 37.4 Å². The molecule has 1 amide bonds. The minimum Gasteiger partial charge on any atom is -0.481 e. The van der Waals surface area contributed by atoms with Gasteiger partial charge in [-0.25, -0.2) is 9.18 Å². The van der Waals surface area contributed by atoms with Crippen molar-refractivity contribution in [2.24, 2.45) is 0 Å². The van der Waals surface area contributed by atoms with Crippen LogP contribution < -0.4 is 10.1 Å². The molecule has 5 nitrogen and oxygen atoms in total. The highest BCUT2D eigenvalue weighted by molar-refractivity contribution is 5.94. The summed E-state index contributed by atoms with van der Waals surface area (Å²) in [7, 11) is 1.29. The van der Waals surface area contributed by atoms with Gasteiger partial charge in [-0.2, -0.15) is 0 Å². The Morgan fingerprint density at radius 3 is 2.48 bits per heavy atom. The van der Waals surface area contributed by atoms with E-state index in [0.717, 1.165) is 0 Å². The molecule has 0 bridgehead atoms. The van der Waals surface area contributed by atoms with Crippen LogP contribution in [0.3, 0.4) is 0 Å². The number of rotatable bonds is 5. The topological polar surface area (TPSA) is 64.6 Å². The van der Waals surface area contributed by atoms with Crippen LogP contribution in [0, 0.1) is 5.82 Å². The molecule has 0 spiro atoms. The van der Waals surface area contributed by atoms with E-state index in [0.29, 0.717) is 17.0 Å². The molecule has 0 aromatic heterocycles. The quantitative estimate of drug-likeness (QED) is 0.861. The summed E-state index contributed by atoms with van der Waals surface area (Å²) in [6.45, 7) is 1.57. The Morgan fingerprint density at radius 1 is 1.13 bits per heavy atom. The summed E-state index contributed by atoms with van der Waals surface area (Å²) in [5.74, 6) is -0.888. The molecule has 2 aromatic carbocycles. The summed E-state index contributed by atoms with van der Waals surface area (Å²) in [6, 6.07) is 11.8. The number of carbonyl (C=O) groups is 2. The lowest BCUT2D eigenvalue weighted by Crippen LogP contribution is -2.30. The number of nitrogens with one attached hydrogen (secondary N) is 1. The number of hydrogen-bond donors (Lipinski definition) is 1. The maximum absolute atomic E-state index is 12.8. The van der Waals surface area contributed by atoms with Crippen LogP contribution >= 0.6 is 0 Å². The summed E-state index contributed by atoms with van der Waals surface area (Å²) in [6.07, 6.45) is -0.798. The first-order valence-corrected chi connectivity index (χ1v) is 6.91. The van der Waals surface area contributed by atoms with Crippen molar-refractivity contribution in [3.63, 3.8) is 0 Å². The van der Waals surface area contributed by atoms with Crippen LogP contribution in [0.15, 0.2) is 48.5 Å². The van der Waals surface area contributed by atoms with E-state index in [-0.39, 0.29) is 11.7 Å². The van der Waals surface area contributed by atoms with E-state index < -0.39 is 12.1 Å². The fraction of sp³-hybridized carbons (Fsp3) is 0.176. The molecule has 2 aromatic rings. The van der Waals surface area contributed by atoms with Gasteiger partial charge in [-0.3, -0.25) is 4.79 Å². The molecule has 0 heterocycles. The molecule has 2 rings (SSSR count). The molecule has 0 aliphatic heterocycles. The monoisotopic (exact) mass is 317 g/mol. The molecular weight excluding hydrogens is 301 g/mol. The number of amides is 1. The van der Waals surface area contributed by atoms with Gasteiger partial charge in [0.15, 0.2) is 6.10 Å². The molecule has 0 saturated carbocycles. The Bertz CT molecular complexity index is 700. The van der Waals surface area contributed by atoms with Crippen LogP contribution in [-0.2, 0) is 9.53 Å². The van der Waals surface area contributed by atoms with Gasteiger partial charge >= 0.3 is 5.97 Å². The van der Waals surface area contributed by atoms with Crippen LogP contribution in [0.25, 0.3) is 0 Å². The van der Waals surface area contributed by atoms with Crippen LogP contribution in [0.5, 0.6) is 5.75 Å². The minimum absolute atomic E-state index is 0.330. The third kappa shape index (κ3) is 4.54. The summed E-state index contributed by atoms with van der Waals surface area (Å²) in [4.78, 5) is 23.5. The number of esters is 1. The van der Waals surface area contributed by atoms with Gasteiger partial charge in [-0.15, -0.1) is 0 Å². The zero-order valence-corrected chi connectivity index (χ0v) is 12.7. The minimum atomic E-state index is -0.798. The third-order valence-corrected chi connectivity index (χ3v) is 3.05. The van der Waals surface area contributed by atoms with E-state index in [9.17, 15) is 14.0 Å². The Labute approximate surface area is 133 Å². The zero-order valence-electron chi connectivity index (χ0n) is 12.7. The van der Waals surface area contributed by atoms with Crippen molar-refractivity contribution in [1.29, 1.82) is 0 Å². The summed E-state index contributed by atoms with van der Waals surface area (Å²) in [5.41, 5.74) is 0.798. The molecule has 120 valence electrons. The van der Waals surface area contributed by atoms with Gasteiger partial charge in [-0.05, 0) is 49.4 Å². The average Bonchev–Trinajstić information content (AvgIpc) is 2.56. The third-order valence-electron chi connectivity index (χ3n) is 3.05. The van der Waals surface area contributed by atoms with Crippen molar-refractivity contribution in [3.05, 3.63) is 59.9 Å². The second-order valence-electron chi connectivity index (χ2n) is 4.78. The summed E-state index contributed by atoms with van der Waals surface area (Å²) in [5, 5.41) is 2.62. The first-order chi connectivity index (χ1) is 11.0. The molecule has 1 N–H and O–H groups in total. The normalized spacial score (nSPS) is 11.4. The van der Waals surface area contributed by atoms with E-state index in [2.05, 4.69) is 10.1 Å². The number of halogens is 1. The Hall–Kier alpha value is -2.89. The fourth-order valence-corrected chi connectivity index (χ4v) is 1.85. The lowest BCUT2D eigenvalue weighted by atomic mass is 10.2. The largest absolute Gasteiger partial charge is 0.481 e. The van der Waals surface area contributed by atoms with E-state index in [4.69, 9.17) is 4.74 Å². The first kappa shape index (κ1) is 16.5. The Morgan fingerprint density at radius 2 is 1.83 bits per heavy atom. The number of benzene rings is 2. The number of hydrogen-bond acceptors (Lipinski definition) is 4. The van der Waals surface area contributed by atoms with Gasteiger partial charge in [0.25, 0.3) is 5.91 Å². The second kappa shape index (κ2) is 7.40. The molecule has 0 saturated heterocycles. The maximum Gasteiger partial charge on any atom is 0.337 e. The SMILES string of the molecule is COC(=O)c1cccc(O[C@H](C)C(=O)Nc2ccc(F)cc2)c1. The summed E-state index contributed by atoms with van der Waals surface area (Å²) < 4.78 is 23.0. The second-order valence-corrected chi connectivity index (χ2v) is 4.78. The lowest BCUT2D eigenvalue weighted by Gasteiger charge is -2.15. The van der Waals surface area contributed by atoms with Gasteiger partial charge < -0.3 is 14.8 Å². The molecule has 0 aliphatic rings. The molecule has 0 aliphatic carbocycles. The van der Waals surface area contributed by atoms with E-state index >= 15 is 0 Å². The number of anilines is 1. The van der Waals surface area contributed by atoms with Gasteiger partial charge in [0.2, 0.25) is 0 Å². The van der Waals surface area contributed by atoms with Crippen molar-refractivity contribution >= 4 is 17.6 Å². The van der Waals surface area contributed by atoms with Crippen molar-refractivity contribution in [2.45, 2.75) is 13.0 Å². The highest BCUT2D eigenvalue weighted by atomic mass is 19.1. The molecule has 0 unspecified atom stereocenters. The van der Waals surface area contributed by atoms with Crippen molar-refractivity contribution < 1.29 is 23.5 Å². The molecule has 6 heteroatoms. The maximum atomic E-state index is 12.8. The van der Waals surface area contributed by atoms with Crippen molar-refractivity contribution in [1.82, 2.24) is 0 Å². The van der Waals surface area contributed by atoms with Crippen LogP contribution in [0.2, 0.25) is 0 Å². The van der Waals surface area contributed by atoms with Gasteiger partial charge in [0.05, 0.1) is 12.7 Å². The van der Waals surface area contributed by atoms with E-state index in [1.54, 1.807) is 25.1 Å². The van der Waals surface area contributed by atoms with Crippen molar-refractivity contribution in [2.75, 3.05) is 12.4 Å². The standard InChI is InChI=1S/C17H16FNO4/c1-11(16(20)19-14-8-6-13(18)7-9-14)23-15-5-3-4-12(10-15)17(21)22-2/h3-11H,1-2H3,(H,19,20)/t11-/m1/s1. The summed E-state index contributed by atoms with van der Waals surface area (Å²) >= 11 is 0. The highest BCUT2D eigenvalue weighted by Gasteiger charge is 2.16. The molecule has 1 atom stereocenters. The van der Waals surface area contributed by atoms with Gasteiger partial charge in [0, 0.05) is 5.69 Å². The lowest BCUT2D eigenvalue weighted by molar-refractivity contribution is -0.122. The zero-order chi connectivity index (χ0) is 16.8. The number of methoxy groups -OCH3 is 1. The molecular formula is C17H16FNO4. The number of carbonyl (C=O) groups excluding carboxylic acids is 2. The smallest absolute Gasteiger partial charge is 0.337 e. The van der Waals surface area contributed by atoms with Crippen LogP contribution in [0.1, 0.15) is 17.3 Å². The Kier molecular flexibility index (Phi) is 5.30. The molecule has 0 fully saturated rings. The predicted octanol–water partition coefficient (Wildman–Crippen LogP) is 3.02. The van der Waals surface area contributed by atoms with Crippen LogP contribution in [-0.4, -0.2) is 25.1 Å². The average molecular weight is 317 g/mol. The molecule has 0 radical (unpaired) electrons. The van der Waals surface area contributed by atoms with Crippen molar-refractivity contribution in [3.8, 4) is 5.75 Å². The van der Waals surface area contributed by atoms with Gasteiger partial charge in [-0.1, -0.05) is 6.07 Å². The first-order valence-electron chi connectivity index (χ1n) is 6.91. The molecule has 23 heavy (non-hydrogen) atoms. The van der Waals surface area contributed by atoms with Crippen LogP contribution in [0.4, 0.5) is 10.1 Å².